The number of nitrogens with one attached hydrogen (secondary N) is 1. The van der Waals surface area contributed by atoms with E-state index in [0.717, 1.165) is 58.4 Å². The van der Waals surface area contributed by atoms with Gasteiger partial charge in [0.1, 0.15) is 0 Å². The van der Waals surface area contributed by atoms with E-state index >= 15 is 0 Å². The largest absolute Gasteiger partial charge is 0.349 e. The molecule has 2 heterocycles. The van der Waals surface area contributed by atoms with Crippen molar-refractivity contribution in [2.75, 3.05) is 0 Å². The lowest BCUT2D eigenvalue weighted by atomic mass is 9.47. The fraction of sp³-hybridized carbons (Fsp3) is 0.536. The third kappa shape index (κ3) is 3.56. The highest BCUT2D eigenvalue weighted by Crippen LogP contribution is 2.61. The molecule has 0 unspecified atom stereocenters. The molecule has 3 aromatic rings. The van der Waals surface area contributed by atoms with Crippen LogP contribution in [-0.4, -0.2) is 26.7 Å². The Morgan fingerprint density at radius 3 is 2.45 bits per heavy atom. The van der Waals surface area contributed by atoms with Crippen LogP contribution in [0.25, 0.3) is 22.2 Å². The van der Waals surface area contributed by atoms with E-state index in [0.29, 0.717) is 5.41 Å². The van der Waals surface area contributed by atoms with Gasteiger partial charge in [0, 0.05) is 29.7 Å². The molecule has 4 aliphatic carbocycles. The number of nitrogens with zero attached hydrogens (tertiary/aromatic N) is 3. The van der Waals surface area contributed by atoms with Crippen molar-refractivity contribution < 1.29 is 4.79 Å². The van der Waals surface area contributed by atoms with E-state index in [1.807, 2.05) is 47.4 Å². The topological polar surface area (TPSA) is 59.8 Å². The third-order valence-corrected chi connectivity index (χ3v) is 8.75. The first-order valence-electron chi connectivity index (χ1n) is 12.8. The second kappa shape index (κ2) is 7.96. The van der Waals surface area contributed by atoms with E-state index in [9.17, 15) is 4.79 Å². The number of aromatic nitrogens is 3. The second-order valence-electron chi connectivity index (χ2n) is 10.9. The van der Waals surface area contributed by atoms with Crippen molar-refractivity contribution in [3.05, 3.63) is 48.3 Å². The van der Waals surface area contributed by atoms with Crippen LogP contribution in [0.1, 0.15) is 69.2 Å². The number of benzene rings is 1. The molecule has 33 heavy (non-hydrogen) atoms. The maximum Gasteiger partial charge on any atom is 0.252 e. The summed E-state index contributed by atoms with van der Waals surface area (Å²) in [6, 6.07) is 10.2. The number of carbonyl (C=O) groups is 1. The van der Waals surface area contributed by atoms with Crippen molar-refractivity contribution in [3.8, 4) is 11.3 Å². The summed E-state index contributed by atoms with van der Waals surface area (Å²) in [6.45, 7) is 5.13. The van der Waals surface area contributed by atoms with Gasteiger partial charge in [-0.25, -0.2) is 4.98 Å². The number of hydrogen-bond acceptors (Lipinski definition) is 3. The van der Waals surface area contributed by atoms with Gasteiger partial charge < -0.3 is 5.32 Å². The first-order chi connectivity index (χ1) is 16.1. The predicted molar refractivity (Wildman–Crippen MR) is 131 cm³/mol. The van der Waals surface area contributed by atoms with Crippen LogP contribution < -0.4 is 5.32 Å². The first-order valence-corrected chi connectivity index (χ1v) is 12.8. The number of rotatable bonds is 6. The average Bonchev–Trinajstić information content (AvgIpc) is 3.30. The van der Waals surface area contributed by atoms with Crippen LogP contribution in [0.3, 0.4) is 0 Å². The normalized spacial score (nSPS) is 28.8. The van der Waals surface area contributed by atoms with Gasteiger partial charge in [0.05, 0.1) is 23.0 Å². The number of carbonyl (C=O) groups excluding carboxylic acids is 1. The lowest BCUT2D eigenvalue weighted by Gasteiger charge is -2.59. The molecule has 0 aliphatic heterocycles. The number of hydrogen-bond donors (Lipinski definition) is 1. The van der Waals surface area contributed by atoms with Crippen molar-refractivity contribution in [1.82, 2.24) is 20.1 Å². The summed E-state index contributed by atoms with van der Waals surface area (Å²) in [7, 11) is 0. The molecule has 1 aromatic carbocycles. The number of para-hydroxylation sites is 1. The van der Waals surface area contributed by atoms with Gasteiger partial charge in [0.2, 0.25) is 0 Å². The number of aryl methyl sites for hydroxylation is 1. The Hall–Kier alpha value is -2.69. The number of amides is 1. The molecule has 4 saturated carbocycles. The Kier molecular flexibility index (Phi) is 5.04. The van der Waals surface area contributed by atoms with Gasteiger partial charge in [0.25, 0.3) is 5.91 Å². The summed E-state index contributed by atoms with van der Waals surface area (Å²) in [5.74, 6) is 2.68. The van der Waals surface area contributed by atoms with Crippen LogP contribution in [0, 0.1) is 23.2 Å². The van der Waals surface area contributed by atoms with Crippen LogP contribution in [0.5, 0.6) is 0 Å². The highest BCUT2D eigenvalue weighted by Gasteiger charge is 2.54. The summed E-state index contributed by atoms with van der Waals surface area (Å²) in [6.07, 6.45) is 13.0. The summed E-state index contributed by atoms with van der Waals surface area (Å²) in [5, 5.41) is 8.87. The van der Waals surface area contributed by atoms with Crippen molar-refractivity contribution in [2.24, 2.45) is 23.2 Å². The van der Waals surface area contributed by atoms with Crippen LogP contribution in [0.15, 0.2) is 42.7 Å². The smallest absolute Gasteiger partial charge is 0.252 e. The van der Waals surface area contributed by atoms with Crippen LogP contribution in [0.2, 0.25) is 0 Å². The Morgan fingerprint density at radius 1 is 1.12 bits per heavy atom. The highest BCUT2D eigenvalue weighted by atomic mass is 16.1. The van der Waals surface area contributed by atoms with Gasteiger partial charge in [-0.2, -0.15) is 5.10 Å². The van der Waals surface area contributed by atoms with Crippen LogP contribution in [0.4, 0.5) is 0 Å². The second-order valence-corrected chi connectivity index (χ2v) is 10.9. The minimum atomic E-state index is 0.0420. The quantitative estimate of drug-likeness (QED) is 0.521. The molecule has 0 radical (unpaired) electrons. The SMILES string of the molecule is CC[C@@H](NC(=O)c1cc(-c2cnn(CC)c2)nc2ccccc12)C12CC3CC(CC(C3)C1)C2. The molecule has 2 aromatic heterocycles. The fourth-order valence-corrected chi connectivity index (χ4v) is 7.71. The van der Waals surface area contributed by atoms with Crippen LogP contribution >= 0.6 is 0 Å². The summed E-state index contributed by atoms with van der Waals surface area (Å²) in [5.41, 5.74) is 3.63. The van der Waals surface area contributed by atoms with Crippen molar-refractivity contribution in [3.63, 3.8) is 0 Å². The van der Waals surface area contributed by atoms with E-state index in [4.69, 9.17) is 4.98 Å². The molecule has 4 aliphatic rings. The maximum atomic E-state index is 13.8. The van der Waals surface area contributed by atoms with Crippen molar-refractivity contribution >= 4 is 16.8 Å². The monoisotopic (exact) mass is 442 g/mol. The molecule has 4 fully saturated rings. The fourth-order valence-electron chi connectivity index (χ4n) is 7.71. The molecule has 172 valence electrons. The molecular formula is C28H34N4O. The minimum Gasteiger partial charge on any atom is -0.349 e. The maximum absolute atomic E-state index is 13.8. The Morgan fingerprint density at radius 2 is 1.82 bits per heavy atom. The van der Waals surface area contributed by atoms with Crippen molar-refractivity contribution in [2.45, 2.75) is 71.4 Å². The van der Waals surface area contributed by atoms with Gasteiger partial charge >= 0.3 is 0 Å². The van der Waals surface area contributed by atoms with Gasteiger partial charge in [-0.05, 0) is 87.2 Å². The number of fused-ring (bicyclic) bond motifs is 1. The van der Waals surface area contributed by atoms with E-state index in [-0.39, 0.29) is 11.9 Å². The van der Waals surface area contributed by atoms with E-state index in [1.165, 1.54) is 38.5 Å². The summed E-state index contributed by atoms with van der Waals surface area (Å²) in [4.78, 5) is 18.7. The van der Waals surface area contributed by atoms with E-state index in [2.05, 4.69) is 24.3 Å². The first kappa shape index (κ1) is 20.9. The van der Waals surface area contributed by atoms with Crippen LogP contribution in [-0.2, 0) is 6.54 Å². The zero-order valence-corrected chi connectivity index (χ0v) is 19.8. The van der Waals surface area contributed by atoms with Gasteiger partial charge in [0.15, 0.2) is 0 Å². The molecule has 0 spiro atoms. The van der Waals surface area contributed by atoms with Gasteiger partial charge in [-0.15, -0.1) is 0 Å². The molecule has 5 nitrogen and oxygen atoms in total. The van der Waals surface area contributed by atoms with Crippen molar-refractivity contribution in [1.29, 1.82) is 0 Å². The molecule has 1 atom stereocenters. The molecule has 0 saturated heterocycles. The Balaban J connectivity index is 1.34. The Bertz CT molecular complexity index is 1160. The molecular weight excluding hydrogens is 408 g/mol. The zero-order chi connectivity index (χ0) is 22.6. The van der Waals surface area contributed by atoms with E-state index in [1.54, 1.807) is 0 Å². The summed E-state index contributed by atoms with van der Waals surface area (Å²) < 4.78 is 1.89. The Labute approximate surface area is 196 Å². The van der Waals surface area contributed by atoms with E-state index < -0.39 is 0 Å². The zero-order valence-electron chi connectivity index (χ0n) is 19.8. The number of pyridine rings is 1. The predicted octanol–water partition coefficient (Wildman–Crippen LogP) is 5.84. The highest BCUT2D eigenvalue weighted by molar-refractivity contribution is 6.07. The lowest BCUT2D eigenvalue weighted by Crippen LogP contribution is -2.56. The standard InChI is InChI=1S/C28H34N4O/c1-3-26(28-13-18-9-19(14-28)11-20(10-18)15-28)31-27(33)23-12-25(21-16-29-32(4-2)17-21)30-24-8-6-5-7-22(23)24/h5-8,12,16-20,26H,3-4,9-11,13-15H2,1-2H3,(H,31,33)/t18?,19?,20?,26-,28?/m1/s1. The minimum absolute atomic E-state index is 0.0420. The molecule has 4 bridgehead atoms. The van der Waals surface area contributed by atoms with Gasteiger partial charge in [-0.3, -0.25) is 9.48 Å². The lowest BCUT2D eigenvalue weighted by molar-refractivity contribution is -0.0727. The van der Waals surface area contributed by atoms with Gasteiger partial charge in [-0.1, -0.05) is 25.1 Å². The molecule has 7 rings (SSSR count). The third-order valence-electron chi connectivity index (χ3n) is 8.75. The average molecular weight is 443 g/mol. The molecule has 1 N–H and O–H groups in total. The molecule has 5 heteroatoms. The summed E-state index contributed by atoms with van der Waals surface area (Å²) >= 11 is 0. The molecule has 1 amide bonds.